The molecule has 0 bridgehead atoms. The lowest BCUT2D eigenvalue weighted by atomic mass is 9.96. The highest BCUT2D eigenvalue weighted by molar-refractivity contribution is 14.1. The predicted molar refractivity (Wildman–Crippen MR) is 256 cm³/mol. The Morgan fingerprint density at radius 2 is 0.731 bits per heavy atom. The van der Waals surface area contributed by atoms with E-state index in [-0.39, 0.29) is 60.2 Å². The molecule has 0 aliphatic rings. The summed E-state index contributed by atoms with van der Waals surface area (Å²) < 4.78 is 14.1. The van der Waals surface area contributed by atoms with Crippen molar-refractivity contribution in [3.63, 3.8) is 0 Å². The first-order valence-electron chi connectivity index (χ1n) is 13.8. The number of halogens is 8. The summed E-state index contributed by atoms with van der Waals surface area (Å²) in [6.45, 7) is -0.185. The number of hydrogen-bond donors (Lipinski definition) is 6. The van der Waals surface area contributed by atoms with Gasteiger partial charge in [-0.3, -0.25) is 0 Å². The second-order valence-electron chi connectivity index (χ2n) is 10.1. The van der Waals surface area contributed by atoms with Gasteiger partial charge in [-0.15, -0.1) is 0 Å². The fourth-order valence-electron chi connectivity index (χ4n) is 4.22. The van der Waals surface area contributed by atoms with E-state index in [2.05, 4.69) is 0 Å². The van der Waals surface area contributed by atoms with Gasteiger partial charge in [-0.1, -0.05) is 0 Å². The van der Waals surface area contributed by atoms with E-state index in [0.29, 0.717) is 50.8 Å². The molecule has 0 unspecified atom stereocenters. The average molecular weight is 1610 g/mol. The van der Waals surface area contributed by atoms with Crippen molar-refractivity contribution >= 4 is 205 Å². The summed E-state index contributed by atoms with van der Waals surface area (Å²) in [5, 5.41) is 58.6. The first-order chi connectivity index (χ1) is 24.3. The third kappa shape index (κ3) is 11.9. The van der Waals surface area contributed by atoms with E-state index in [4.69, 9.17) is 9.47 Å². The molecule has 0 fully saturated rings. The smallest absolute Gasteiger partial charge is 0.338 e. The maximum atomic E-state index is 12.0. The number of rotatable bonds is 10. The molecular formula is C32H20I8O12. The molecule has 0 spiro atoms. The molecule has 0 saturated heterocycles. The highest BCUT2D eigenvalue weighted by Crippen LogP contribution is 2.36. The Bertz CT molecular complexity index is 1890. The SMILES string of the molecule is O=C(O)c1cc(I)c(O)c(I)c1CCc1c(C(=O)O)cc(I)c(O)c1I.O=C(OCCOC(=O)c1cc(I)c(O)c(I)c1)c1cc(I)c(O)c(I)c1. The minimum Gasteiger partial charge on any atom is -0.506 e. The van der Waals surface area contributed by atoms with Crippen LogP contribution >= 0.6 is 181 Å². The molecule has 0 atom stereocenters. The van der Waals surface area contributed by atoms with Gasteiger partial charge in [0.05, 0.1) is 50.8 Å². The molecule has 12 nitrogen and oxygen atoms in total. The lowest BCUT2D eigenvalue weighted by Gasteiger charge is -2.15. The molecule has 0 radical (unpaired) electrons. The minimum absolute atomic E-state index is 0.00446. The van der Waals surface area contributed by atoms with E-state index in [9.17, 15) is 49.8 Å². The Hall–Kier alpha value is -0.200. The molecule has 0 aliphatic carbocycles. The van der Waals surface area contributed by atoms with Gasteiger partial charge in [0, 0.05) is 0 Å². The first kappa shape index (κ1) is 46.2. The fourth-order valence-corrected chi connectivity index (χ4v) is 11.7. The summed E-state index contributed by atoms with van der Waals surface area (Å²) in [5.41, 5.74) is 1.62. The number of carboxylic acid groups (broad SMARTS) is 2. The van der Waals surface area contributed by atoms with Gasteiger partial charge in [-0.2, -0.15) is 0 Å². The quantitative estimate of drug-likeness (QED) is 0.0499. The zero-order valence-electron chi connectivity index (χ0n) is 25.4. The summed E-state index contributed by atoms with van der Waals surface area (Å²) in [6.07, 6.45) is 0.418. The molecular weight excluding hydrogens is 1590 g/mol. The topological polar surface area (TPSA) is 208 Å². The van der Waals surface area contributed by atoms with E-state index in [1.807, 2.05) is 181 Å². The van der Waals surface area contributed by atoms with Gasteiger partial charge in [-0.05, 0) is 241 Å². The number of carboxylic acids is 2. The van der Waals surface area contributed by atoms with Crippen molar-refractivity contribution in [2.75, 3.05) is 13.2 Å². The normalized spacial score (nSPS) is 10.6. The molecule has 0 amide bonds. The van der Waals surface area contributed by atoms with E-state index in [0.717, 1.165) is 0 Å². The van der Waals surface area contributed by atoms with Crippen molar-refractivity contribution in [3.8, 4) is 23.0 Å². The van der Waals surface area contributed by atoms with E-state index < -0.39 is 23.9 Å². The molecule has 4 rings (SSSR count). The maximum absolute atomic E-state index is 12.0. The van der Waals surface area contributed by atoms with Gasteiger partial charge in [0.2, 0.25) is 0 Å². The first-order valence-corrected chi connectivity index (χ1v) is 22.5. The number of carbonyl (C=O) groups excluding carboxylic acids is 2. The number of hydrogen-bond acceptors (Lipinski definition) is 10. The van der Waals surface area contributed by atoms with Gasteiger partial charge in [-0.25, -0.2) is 19.2 Å². The van der Waals surface area contributed by atoms with Crippen LogP contribution in [0.3, 0.4) is 0 Å². The minimum atomic E-state index is -1.12. The molecule has 52 heavy (non-hydrogen) atoms. The van der Waals surface area contributed by atoms with E-state index in [1.54, 1.807) is 0 Å². The van der Waals surface area contributed by atoms with E-state index >= 15 is 0 Å². The molecule has 0 heterocycles. The van der Waals surface area contributed by atoms with Crippen molar-refractivity contribution in [3.05, 3.63) is 98.3 Å². The number of aromatic carboxylic acids is 2. The van der Waals surface area contributed by atoms with Crippen molar-refractivity contribution in [2.24, 2.45) is 0 Å². The van der Waals surface area contributed by atoms with Crippen LogP contribution < -0.4 is 0 Å². The Balaban J connectivity index is 0.000000280. The third-order valence-corrected chi connectivity index (χ3v) is 14.0. The van der Waals surface area contributed by atoms with Crippen LogP contribution in [0.25, 0.3) is 0 Å². The summed E-state index contributed by atoms with van der Waals surface area (Å²) >= 11 is 15.2. The highest BCUT2D eigenvalue weighted by Gasteiger charge is 2.23. The number of benzene rings is 4. The van der Waals surface area contributed by atoms with Crippen molar-refractivity contribution in [2.45, 2.75) is 12.8 Å². The standard InChI is InChI=1S/2C16H10I4O6/c17-9-3-7(4-10(18)13(9)21)15(23)25-1-2-26-16(24)8-5-11(19)14(22)12(20)6-8;17-9-3-7(15(23)24)5(11(19)13(9)21)1-2-6-8(16(25)26)4-10(18)14(22)12(6)20/h3-6,21-22H,1-2H2;3-4,21-22H,1-2H2,(H,23,24)(H,25,26). The molecule has 0 saturated carbocycles. The summed E-state index contributed by atoms with van der Waals surface area (Å²) in [5.74, 6) is -3.11. The van der Waals surface area contributed by atoms with Gasteiger partial charge < -0.3 is 40.1 Å². The van der Waals surface area contributed by atoms with Crippen LogP contribution in [0.4, 0.5) is 0 Å². The predicted octanol–water partition coefficient (Wildman–Crippen LogP) is 9.23. The van der Waals surface area contributed by atoms with Crippen LogP contribution in [-0.4, -0.2) is 67.7 Å². The van der Waals surface area contributed by atoms with Crippen molar-refractivity contribution in [1.82, 2.24) is 0 Å². The van der Waals surface area contributed by atoms with Crippen LogP contribution in [0, 0.1) is 28.6 Å². The van der Waals surface area contributed by atoms with E-state index in [1.165, 1.54) is 36.4 Å². The van der Waals surface area contributed by atoms with Crippen LogP contribution in [0.5, 0.6) is 23.0 Å². The molecule has 0 aliphatic heterocycles. The number of phenolic OH excluding ortho intramolecular Hbond substituents is 4. The number of phenols is 4. The fraction of sp³-hybridized carbons (Fsp3) is 0.125. The maximum Gasteiger partial charge on any atom is 0.338 e. The number of aromatic hydroxyl groups is 4. The lowest BCUT2D eigenvalue weighted by molar-refractivity contribution is 0.0265. The Labute approximate surface area is 404 Å². The molecule has 20 heteroatoms. The number of ether oxygens (including phenoxy) is 2. The number of carbonyl (C=O) groups is 4. The largest absolute Gasteiger partial charge is 0.506 e. The van der Waals surface area contributed by atoms with Crippen LogP contribution in [0.15, 0.2) is 36.4 Å². The van der Waals surface area contributed by atoms with Crippen LogP contribution in [0.1, 0.15) is 52.6 Å². The van der Waals surface area contributed by atoms with Gasteiger partial charge in [0.1, 0.15) is 36.2 Å². The lowest BCUT2D eigenvalue weighted by Crippen LogP contribution is -2.14. The highest BCUT2D eigenvalue weighted by atomic mass is 127. The van der Waals surface area contributed by atoms with Gasteiger partial charge >= 0.3 is 23.9 Å². The molecule has 6 N–H and O–H groups in total. The average Bonchev–Trinajstić information content (AvgIpc) is 3.08. The van der Waals surface area contributed by atoms with Gasteiger partial charge in [0.25, 0.3) is 0 Å². The Kier molecular flexibility index (Phi) is 18.5. The second-order valence-corrected chi connectivity index (χ2v) is 19.2. The van der Waals surface area contributed by atoms with Crippen molar-refractivity contribution in [1.29, 1.82) is 0 Å². The summed E-state index contributed by atoms with van der Waals surface area (Å²) in [7, 11) is 0. The van der Waals surface area contributed by atoms with Crippen molar-refractivity contribution < 1.29 is 59.3 Å². The van der Waals surface area contributed by atoms with Gasteiger partial charge in [0.15, 0.2) is 0 Å². The Morgan fingerprint density at radius 3 is 1.00 bits per heavy atom. The zero-order chi connectivity index (χ0) is 39.2. The second kappa shape index (κ2) is 20.8. The van der Waals surface area contributed by atoms with Crippen LogP contribution in [-0.2, 0) is 22.3 Å². The molecule has 276 valence electrons. The number of esters is 2. The summed E-state index contributed by atoms with van der Waals surface area (Å²) in [4.78, 5) is 47.2. The molecule has 4 aromatic rings. The summed E-state index contributed by atoms with van der Waals surface area (Å²) in [6, 6.07) is 8.87. The Morgan fingerprint density at radius 1 is 0.462 bits per heavy atom. The zero-order valence-corrected chi connectivity index (χ0v) is 42.7. The molecule has 4 aromatic carbocycles. The third-order valence-electron chi connectivity index (χ3n) is 6.73. The van der Waals surface area contributed by atoms with Crippen LogP contribution in [0.2, 0.25) is 0 Å². The monoisotopic (exact) mass is 1610 g/mol. The molecule has 0 aromatic heterocycles.